The van der Waals surface area contributed by atoms with Crippen molar-refractivity contribution >= 4 is 11.0 Å². The van der Waals surface area contributed by atoms with Gasteiger partial charge in [0.1, 0.15) is 5.76 Å². The van der Waals surface area contributed by atoms with Crippen LogP contribution in [0.15, 0.2) is 59.0 Å². The van der Waals surface area contributed by atoms with Crippen molar-refractivity contribution in [1.82, 2.24) is 5.32 Å². The predicted octanol–water partition coefficient (Wildman–Crippen LogP) is 4.22. The predicted molar refractivity (Wildman–Crippen MR) is 95.2 cm³/mol. The van der Waals surface area contributed by atoms with E-state index in [1.54, 1.807) is 0 Å². The van der Waals surface area contributed by atoms with Gasteiger partial charge in [-0.15, -0.1) is 0 Å². The van der Waals surface area contributed by atoms with Crippen molar-refractivity contribution < 1.29 is 14.3 Å². The molecule has 0 saturated heterocycles. The van der Waals surface area contributed by atoms with E-state index in [1.807, 2.05) is 68.4 Å². The second-order valence-electron chi connectivity index (χ2n) is 5.79. The highest BCUT2D eigenvalue weighted by Crippen LogP contribution is 2.31. The summed E-state index contributed by atoms with van der Waals surface area (Å²) >= 11 is 0. The van der Waals surface area contributed by atoms with Crippen molar-refractivity contribution in [2.75, 3.05) is 13.2 Å². The third-order valence-electron chi connectivity index (χ3n) is 4.09. The summed E-state index contributed by atoms with van der Waals surface area (Å²) in [7, 11) is 0. The summed E-state index contributed by atoms with van der Waals surface area (Å²) in [4.78, 5) is 0. The molecule has 0 amide bonds. The Morgan fingerprint density at radius 1 is 1.12 bits per heavy atom. The molecular formula is C20H23NO3. The third kappa shape index (κ3) is 3.45. The van der Waals surface area contributed by atoms with E-state index in [0.717, 1.165) is 28.0 Å². The molecule has 0 saturated carbocycles. The molecule has 2 atom stereocenters. The zero-order chi connectivity index (χ0) is 16.9. The number of ether oxygens (including phenoxy) is 1. The second kappa shape index (κ2) is 7.51. The molecule has 1 aromatic heterocycles. The summed E-state index contributed by atoms with van der Waals surface area (Å²) in [5.41, 5.74) is 1.82. The molecule has 2 aromatic carbocycles. The van der Waals surface area contributed by atoms with E-state index in [4.69, 9.17) is 9.15 Å². The van der Waals surface area contributed by atoms with Gasteiger partial charge in [0.2, 0.25) is 0 Å². The number of rotatable bonds is 7. The number of hydrogen-bond acceptors (Lipinski definition) is 4. The maximum atomic E-state index is 9.72. The topological polar surface area (TPSA) is 54.6 Å². The summed E-state index contributed by atoms with van der Waals surface area (Å²) in [6.45, 7) is 4.62. The number of benzene rings is 2. The summed E-state index contributed by atoms with van der Waals surface area (Å²) < 4.78 is 11.7. The highest BCUT2D eigenvalue weighted by Gasteiger charge is 2.18. The van der Waals surface area contributed by atoms with E-state index in [2.05, 4.69) is 5.32 Å². The highest BCUT2D eigenvalue weighted by atomic mass is 16.5. The Morgan fingerprint density at radius 3 is 2.62 bits per heavy atom. The van der Waals surface area contributed by atoms with Crippen molar-refractivity contribution in [3.63, 3.8) is 0 Å². The fourth-order valence-electron chi connectivity index (χ4n) is 2.86. The minimum atomic E-state index is -0.138. The standard InChI is InChI=1S/C20H23NO3/c1-3-23-18-11-7-10-16-12-19(24-20(16)18)14(2)21-17(13-22)15-8-5-4-6-9-15/h4-12,14,17,21-22H,3,13H2,1-2H3. The molecule has 1 heterocycles. The van der Waals surface area contributed by atoms with Crippen LogP contribution in [0.4, 0.5) is 0 Å². The van der Waals surface area contributed by atoms with Gasteiger partial charge in [-0.25, -0.2) is 0 Å². The molecule has 0 aliphatic rings. The Morgan fingerprint density at radius 2 is 1.92 bits per heavy atom. The Bertz CT molecular complexity index is 782. The fourth-order valence-corrected chi connectivity index (χ4v) is 2.86. The van der Waals surface area contributed by atoms with Crippen LogP contribution in [0.3, 0.4) is 0 Å². The molecule has 126 valence electrons. The normalized spacial score (nSPS) is 13.8. The van der Waals surface area contributed by atoms with Gasteiger partial charge in [-0.05, 0) is 31.5 Å². The molecule has 0 aliphatic heterocycles. The fraction of sp³-hybridized carbons (Fsp3) is 0.300. The quantitative estimate of drug-likeness (QED) is 0.683. The van der Waals surface area contributed by atoms with Crippen LogP contribution >= 0.6 is 0 Å². The Labute approximate surface area is 142 Å². The Hall–Kier alpha value is -2.30. The van der Waals surface area contributed by atoms with Crippen molar-refractivity contribution in [2.24, 2.45) is 0 Å². The molecule has 4 nitrogen and oxygen atoms in total. The molecule has 24 heavy (non-hydrogen) atoms. The van der Waals surface area contributed by atoms with Gasteiger partial charge in [-0.3, -0.25) is 5.32 Å². The van der Waals surface area contributed by atoms with Crippen molar-refractivity contribution in [3.8, 4) is 5.75 Å². The zero-order valence-electron chi connectivity index (χ0n) is 14.0. The maximum Gasteiger partial charge on any atom is 0.176 e. The van der Waals surface area contributed by atoms with Gasteiger partial charge in [-0.1, -0.05) is 42.5 Å². The molecule has 0 radical (unpaired) electrons. The van der Waals surface area contributed by atoms with E-state index < -0.39 is 0 Å². The van der Waals surface area contributed by atoms with Crippen LogP contribution in [0.2, 0.25) is 0 Å². The highest BCUT2D eigenvalue weighted by molar-refractivity contribution is 5.83. The number of furan rings is 1. The summed E-state index contributed by atoms with van der Waals surface area (Å²) in [5, 5.41) is 14.2. The third-order valence-corrected chi connectivity index (χ3v) is 4.09. The number of nitrogens with one attached hydrogen (secondary N) is 1. The van der Waals surface area contributed by atoms with Gasteiger partial charge < -0.3 is 14.3 Å². The number of para-hydroxylation sites is 1. The minimum absolute atomic E-state index is 0.0266. The number of aliphatic hydroxyl groups is 1. The average molecular weight is 325 g/mol. The van der Waals surface area contributed by atoms with Crippen molar-refractivity contribution in [2.45, 2.75) is 25.9 Å². The Kier molecular flexibility index (Phi) is 5.18. The first-order valence-corrected chi connectivity index (χ1v) is 8.30. The lowest BCUT2D eigenvalue weighted by Gasteiger charge is -2.20. The summed E-state index contributed by atoms with van der Waals surface area (Å²) in [5.74, 6) is 1.58. The first-order chi connectivity index (χ1) is 11.7. The van der Waals surface area contributed by atoms with Gasteiger partial charge in [0.25, 0.3) is 0 Å². The van der Waals surface area contributed by atoms with Crippen LogP contribution in [0.1, 0.15) is 37.3 Å². The smallest absolute Gasteiger partial charge is 0.176 e. The molecule has 2 N–H and O–H groups in total. The Balaban J connectivity index is 1.83. The molecule has 3 aromatic rings. The van der Waals surface area contributed by atoms with Crippen LogP contribution < -0.4 is 10.1 Å². The monoisotopic (exact) mass is 325 g/mol. The van der Waals surface area contributed by atoms with E-state index in [-0.39, 0.29) is 18.7 Å². The second-order valence-corrected chi connectivity index (χ2v) is 5.79. The molecule has 2 unspecified atom stereocenters. The zero-order valence-corrected chi connectivity index (χ0v) is 14.0. The molecule has 3 rings (SSSR count). The van der Waals surface area contributed by atoms with Gasteiger partial charge >= 0.3 is 0 Å². The lowest BCUT2D eigenvalue weighted by Crippen LogP contribution is -2.27. The van der Waals surface area contributed by atoms with Gasteiger partial charge in [0.05, 0.1) is 25.3 Å². The number of aliphatic hydroxyl groups excluding tert-OH is 1. The van der Waals surface area contributed by atoms with E-state index >= 15 is 0 Å². The molecule has 0 bridgehead atoms. The molecule has 4 heteroatoms. The molecule has 0 fully saturated rings. The van der Waals surface area contributed by atoms with Crippen LogP contribution in [0.25, 0.3) is 11.0 Å². The first kappa shape index (κ1) is 16.6. The van der Waals surface area contributed by atoms with E-state index in [9.17, 15) is 5.11 Å². The van der Waals surface area contributed by atoms with Crippen LogP contribution in [-0.2, 0) is 0 Å². The van der Waals surface area contributed by atoms with Gasteiger partial charge in [-0.2, -0.15) is 0 Å². The summed E-state index contributed by atoms with van der Waals surface area (Å²) in [6, 6.07) is 17.7. The van der Waals surface area contributed by atoms with Crippen molar-refractivity contribution in [3.05, 3.63) is 65.9 Å². The van der Waals surface area contributed by atoms with Gasteiger partial charge in [0.15, 0.2) is 11.3 Å². The van der Waals surface area contributed by atoms with Crippen LogP contribution in [0.5, 0.6) is 5.75 Å². The van der Waals surface area contributed by atoms with Crippen molar-refractivity contribution in [1.29, 1.82) is 0 Å². The molecule has 0 aliphatic carbocycles. The van der Waals surface area contributed by atoms with Gasteiger partial charge in [0, 0.05) is 5.39 Å². The van der Waals surface area contributed by atoms with Crippen LogP contribution in [-0.4, -0.2) is 18.3 Å². The average Bonchev–Trinajstić information content (AvgIpc) is 3.06. The van der Waals surface area contributed by atoms with Crippen LogP contribution in [0, 0.1) is 0 Å². The SMILES string of the molecule is CCOc1cccc2cc(C(C)NC(CO)c3ccccc3)oc12. The lowest BCUT2D eigenvalue weighted by molar-refractivity contribution is 0.231. The number of fused-ring (bicyclic) bond motifs is 1. The molecular weight excluding hydrogens is 302 g/mol. The van der Waals surface area contributed by atoms with E-state index in [0.29, 0.717) is 6.61 Å². The molecule has 0 spiro atoms. The first-order valence-electron chi connectivity index (χ1n) is 8.30. The maximum absolute atomic E-state index is 9.72. The summed E-state index contributed by atoms with van der Waals surface area (Å²) in [6.07, 6.45) is 0. The number of hydrogen-bond donors (Lipinski definition) is 2. The largest absolute Gasteiger partial charge is 0.490 e. The van der Waals surface area contributed by atoms with E-state index in [1.165, 1.54) is 0 Å². The minimum Gasteiger partial charge on any atom is -0.490 e. The lowest BCUT2D eigenvalue weighted by atomic mass is 10.1.